The van der Waals surface area contributed by atoms with Crippen molar-refractivity contribution in [3.63, 3.8) is 0 Å². The van der Waals surface area contributed by atoms with Crippen LogP contribution in [0, 0.1) is 0 Å². The molecule has 0 saturated carbocycles. The number of rotatable bonds is 3. The van der Waals surface area contributed by atoms with E-state index >= 15 is 0 Å². The second kappa shape index (κ2) is 6.51. The van der Waals surface area contributed by atoms with Crippen LogP contribution in [-0.4, -0.2) is 29.6 Å². The molecule has 1 aliphatic heterocycles. The predicted octanol–water partition coefficient (Wildman–Crippen LogP) is 1.41. The summed E-state index contributed by atoms with van der Waals surface area (Å²) in [6.07, 6.45) is 3.39. The van der Waals surface area contributed by atoms with Crippen LogP contribution in [0.1, 0.15) is 35.4 Å². The average molecular weight is 371 g/mol. The monoisotopic (exact) mass is 371 g/mol. The molecule has 1 N–H and O–H groups in total. The van der Waals surface area contributed by atoms with E-state index in [1.807, 2.05) is 0 Å². The molecule has 0 atom stereocenters. The summed E-state index contributed by atoms with van der Waals surface area (Å²) < 4.78 is 49.8. The Balaban J connectivity index is 2.03. The van der Waals surface area contributed by atoms with Crippen LogP contribution in [0.5, 0.6) is 0 Å². The van der Waals surface area contributed by atoms with Gasteiger partial charge in [-0.2, -0.15) is 8.78 Å². The average Bonchev–Trinajstić information content (AvgIpc) is 2.79. The van der Waals surface area contributed by atoms with Gasteiger partial charge in [0.15, 0.2) is 0 Å². The lowest BCUT2D eigenvalue weighted by Gasteiger charge is -2.11. The van der Waals surface area contributed by atoms with Gasteiger partial charge in [-0.25, -0.2) is 18.1 Å². The van der Waals surface area contributed by atoms with Crippen LogP contribution in [0.2, 0.25) is 0 Å². The molecule has 0 radical (unpaired) electrons. The number of benzene rings is 1. The lowest BCUT2D eigenvalue weighted by atomic mass is 10.1. The van der Waals surface area contributed by atoms with Crippen LogP contribution >= 0.6 is 0 Å². The molecule has 3 rings (SSSR count). The molecule has 0 bridgehead atoms. The summed E-state index contributed by atoms with van der Waals surface area (Å²) in [4.78, 5) is 28.9. The first-order valence-electron chi connectivity index (χ1n) is 7.67. The maximum atomic E-state index is 12.6. The number of nitrogens with one attached hydrogen (secondary N) is 1. The number of halogens is 2. The fourth-order valence-electron chi connectivity index (χ4n) is 2.79. The summed E-state index contributed by atoms with van der Waals surface area (Å²) in [6, 6.07) is 3.80. The lowest BCUT2D eigenvalue weighted by Crippen LogP contribution is -2.34. The first-order valence-corrected chi connectivity index (χ1v) is 9.22. The molecular formula is C15H15F2N3O4S. The van der Waals surface area contributed by atoms with Gasteiger partial charge in [-0.15, -0.1) is 0 Å². The summed E-state index contributed by atoms with van der Waals surface area (Å²) in [7, 11) is -5.05. The van der Waals surface area contributed by atoms with E-state index in [1.165, 1.54) is 22.9 Å². The summed E-state index contributed by atoms with van der Waals surface area (Å²) in [5.74, 6) is -4.30. The Bertz CT molecular complexity index is 1000. The molecule has 2 heterocycles. The molecule has 2 aromatic rings. The van der Waals surface area contributed by atoms with Gasteiger partial charge in [0.1, 0.15) is 5.82 Å². The van der Waals surface area contributed by atoms with Gasteiger partial charge in [-0.05, 0) is 31.0 Å². The van der Waals surface area contributed by atoms with Crippen molar-refractivity contribution in [1.29, 1.82) is 0 Å². The Morgan fingerprint density at radius 3 is 2.72 bits per heavy atom. The van der Waals surface area contributed by atoms with Gasteiger partial charge in [0.05, 0.1) is 10.9 Å². The predicted molar refractivity (Wildman–Crippen MR) is 85.9 cm³/mol. The molecule has 25 heavy (non-hydrogen) atoms. The minimum absolute atomic E-state index is 0.165. The van der Waals surface area contributed by atoms with Crippen LogP contribution < -0.4 is 10.3 Å². The maximum Gasteiger partial charge on any atom is 0.355 e. The zero-order valence-corrected chi connectivity index (χ0v) is 13.9. The van der Waals surface area contributed by atoms with Gasteiger partial charge in [-0.1, -0.05) is 6.42 Å². The molecule has 0 saturated heterocycles. The summed E-state index contributed by atoms with van der Waals surface area (Å²) in [5, 5.41) is 0.291. The van der Waals surface area contributed by atoms with E-state index < -0.39 is 21.7 Å². The Morgan fingerprint density at radius 2 is 2.00 bits per heavy atom. The number of aromatic nitrogens is 2. The van der Waals surface area contributed by atoms with Crippen molar-refractivity contribution in [1.82, 2.24) is 14.3 Å². The summed E-state index contributed by atoms with van der Waals surface area (Å²) in [6.45, 7) is 0.575. The first-order chi connectivity index (χ1) is 11.8. The highest BCUT2D eigenvalue weighted by Gasteiger charge is 2.27. The number of amides is 1. The molecule has 7 nitrogen and oxygen atoms in total. The Kier molecular flexibility index (Phi) is 4.55. The molecule has 1 aromatic carbocycles. The summed E-state index contributed by atoms with van der Waals surface area (Å²) >= 11 is 0. The van der Waals surface area contributed by atoms with Gasteiger partial charge in [0, 0.05) is 18.5 Å². The van der Waals surface area contributed by atoms with Crippen LogP contribution in [-0.2, 0) is 23.0 Å². The van der Waals surface area contributed by atoms with E-state index in [-0.39, 0.29) is 16.6 Å². The van der Waals surface area contributed by atoms with Crippen molar-refractivity contribution in [2.75, 3.05) is 0 Å². The second-order valence-corrected chi connectivity index (χ2v) is 7.41. The third-order valence-corrected chi connectivity index (χ3v) is 4.99. The van der Waals surface area contributed by atoms with E-state index in [2.05, 4.69) is 4.98 Å². The zero-order chi connectivity index (χ0) is 18.2. The molecule has 10 heteroatoms. The third-order valence-electron chi connectivity index (χ3n) is 4.05. The maximum absolute atomic E-state index is 12.6. The molecule has 1 amide bonds. The van der Waals surface area contributed by atoms with E-state index in [9.17, 15) is 26.8 Å². The van der Waals surface area contributed by atoms with Crippen molar-refractivity contribution in [2.45, 2.75) is 38.0 Å². The molecule has 0 unspecified atom stereocenters. The van der Waals surface area contributed by atoms with Crippen molar-refractivity contribution in [2.24, 2.45) is 0 Å². The van der Waals surface area contributed by atoms with Crippen molar-refractivity contribution < 1.29 is 22.0 Å². The molecule has 1 aromatic heterocycles. The number of carbonyl (C=O) groups is 1. The Labute approximate surface area is 141 Å². The number of nitrogens with zero attached hydrogens (tertiary/aromatic N) is 2. The second-order valence-electron chi connectivity index (χ2n) is 5.76. The first kappa shape index (κ1) is 17.5. The number of aryl methyl sites for hydroxylation is 1. The van der Waals surface area contributed by atoms with Crippen molar-refractivity contribution >= 4 is 26.8 Å². The van der Waals surface area contributed by atoms with Gasteiger partial charge in [0.25, 0.3) is 21.5 Å². The van der Waals surface area contributed by atoms with Crippen LogP contribution in [0.4, 0.5) is 8.78 Å². The molecule has 134 valence electrons. The van der Waals surface area contributed by atoms with Crippen LogP contribution in [0.3, 0.4) is 0 Å². The van der Waals surface area contributed by atoms with E-state index in [1.54, 1.807) is 4.57 Å². The number of sulfonamides is 1. The Hall–Kier alpha value is -2.36. The van der Waals surface area contributed by atoms with Crippen molar-refractivity contribution in [3.8, 4) is 0 Å². The van der Waals surface area contributed by atoms with E-state index in [4.69, 9.17) is 0 Å². The van der Waals surface area contributed by atoms with E-state index in [0.717, 1.165) is 19.3 Å². The fourth-order valence-corrected chi connectivity index (χ4v) is 3.26. The van der Waals surface area contributed by atoms with Gasteiger partial charge < -0.3 is 0 Å². The minimum atomic E-state index is -5.05. The largest absolute Gasteiger partial charge is 0.355 e. The highest BCUT2D eigenvalue weighted by molar-refractivity contribution is 7.90. The zero-order valence-electron chi connectivity index (χ0n) is 13.0. The minimum Gasteiger partial charge on any atom is -0.296 e. The van der Waals surface area contributed by atoms with Crippen LogP contribution in [0.25, 0.3) is 10.9 Å². The smallest absolute Gasteiger partial charge is 0.296 e. The van der Waals surface area contributed by atoms with E-state index in [0.29, 0.717) is 24.2 Å². The standard InChI is InChI=1S/C15H15F2N3O4S/c16-15(17)25(23,24)19-13(21)9-5-6-10-11(8-9)18-12-4-2-1-3-7-20(12)14(10)22/h5-6,8,15H,1-4,7H2,(H,19,21). The van der Waals surface area contributed by atoms with Crippen LogP contribution in [0.15, 0.2) is 23.0 Å². The SMILES string of the molecule is O=C(NS(=O)(=O)C(F)F)c1ccc2c(=O)n3c(nc2c1)CCCCC3. The Morgan fingerprint density at radius 1 is 1.24 bits per heavy atom. The number of alkyl halides is 2. The number of hydrogen-bond donors (Lipinski definition) is 1. The number of hydrogen-bond acceptors (Lipinski definition) is 5. The molecular weight excluding hydrogens is 356 g/mol. The third kappa shape index (κ3) is 3.39. The fraction of sp³-hybridized carbons (Fsp3) is 0.400. The normalized spacial score (nSPS) is 15.0. The summed E-state index contributed by atoms with van der Waals surface area (Å²) in [5.41, 5.74) is -0.156. The molecule has 0 spiro atoms. The molecule has 0 aliphatic carbocycles. The molecule has 1 aliphatic rings. The number of carbonyl (C=O) groups excluding carboxylic acids is 1. The van der Waals surface area contributed by atoms with Gasteiger partial charge in [0.2, 0.25) is 0 Å². The lowest BCUT2D eigenvalue weighted by molar-refractivity contribution is 0.0977. The molecule has 0 fully saturated rings. The van der Waals surface area contributed by atoms with Crippen molar-refractivity contribution in [3.05, 3.63) is 39.9 Å². The topological polar surface area (TPSA) is 98.1 Å². The number of fused-ring (bicyclic) bond motifs is 2. The highest BCUT2D eigenvalue weighted by Crippen LogP contribution is 2.16. The highest BCUT2D eigenvalue weighted by atomic mass is 32.2. The van der Waals surface area contributed by atoms with Gasteiger partial charge >= 0.3 is 5.76 Å². The van der Waals surface area contributed by atoms with Gasteiger partial charge in [-0.3, -0.25) is 14.2 Å². The quantitative estimate of drug-likeness (QED) is 0.880.